The number of ether oxygens (including phenoxy) is 1. The number of carbonyl (C=O) groups excluding carboxylic acids is 1. The summed E-state index contributed by atoms with van der Waals surface area (Å²) in [6.45, 7) is 2.61. The third kappa shape index (κ3) is 1.37. The second kappa shape index (κ2) is 2.57. The zero-order valence-corrected chi connectivity index (χ0v) is 6.38. The first-order chi connectivity index (χ1) is 5.38. The maximum absolute atomic E-state index is 11.3. The molecule has 11 heavy (non-hydrogen) atoms. The van der Waals surface area contributed by atoms with Gasteiger partial charge >= 0.3 is 0 Å². The van der Waals surface area contributed by atoms with Gasteiger partial charge in [-0.3, -0.25) is 4.79 Å². The Morgan fingerprint density at radius 1 is 1.55 bits per heavy atom. The lowest BCUT2D eigenvalue weighted by atomic mass is 10.1. The predicted octanol–water partition coefficient (Wildman–Crippen LogP) is 0.523. The second-order valence-electron chi connectivity index (χ2n) is 2.91. The second-order valence-corrected chi connectivity index (χ2v) is 2.91. The average molecular weight is 153 g/mol. The number of hydrogen-bond donors (Lipinski definition) is 0. The topological polar surface area (TPSA) is 29.3 Å². The first-order valence-corrected chi connectivity index (χ1v) is 3.98. The molecule has 60 valence electrons. The summed E-state index contributed by atoms with van der Waals surface area (Å²) in [5.41, 5.74) is 0.841. The van der Waals surface area contributed by atoms with E-state index in [0.717, 1.165) is 38.1 Å². The van der Waals surface area contributed by atoms with E-state index in [0.29, 0.717) is 0 Å². The predicted molar refractivity (Wildman–Crippen MR) is 39.8 cm³/mol. The molecule has 0 aromatic heterocycles. The Bertz CT molecular complexity index is 206. The number of rotatable bonds is 1. The van der Waals surface area contributed by atoms with Crippen LogP contribution in [0.4, 0.5) is 0 Å². The summed E-state index contributed by atoms with van der Waals surface area (Å²) >= 11 is 0. The molecule has 0 spiro atoms. The molecule has 2 aliphatic heterocycles. The van der Waals surface area contributed by atoms with E-state index < -0.39 is 0 Å². The van der Waals surface area contributed by atoms with Crippen molar-refractivity contribution < 1.29 is 9.53 Å². The maximum Gasteiger partial charge on any atom is 0.252 e. The van der Waals surface area contributed by atoms with Crippen LogP contribution in [-0.4, -0.2) is 30.5 Å². The highest BCUT2D eigenvalue weighted by Crippen LogP contribution is 2.17. The molecule has 0 aromatic rings. The smallest absolute Gasteiger partial charge is 0.252 e. The van der Waals surface area contributed by atoms with Gasteiger partial charge in [0.05, 0.1) is 18.4 Å². The van der Waals surface area contributed by atoms with Crippen molar-refractivity contribution >= 4 is 5.91 Å². The number of amides is 1. The van der Waals surface area contributed by atoms with E-state index >= 15 is 0 Å². The van der Waals surface area contributed by atoms with Crippen molar-refractivity contribution in [1.82, 2.24) is 4.90 Å². The van der Waals surface area contributed by atoms with Crippen molar-refractivity contribution in [2.24, 2.45) is 0 Å². The lowest BCUT2D eigenvalue weighted by molar-refractivity contribution is -0.122. The molecule has 0 aliphatic carbocycles. The molecule has 0 bridgehead atoms. The fourth-order valence-electron chi connectivity index (χ4n) is 1.18. The summed E-state index contributed by atoms with van der Waals surface area (Å²) in [6, 6.07) is 0. The Morgan fingerprint density at radius 2 is 2.36 bits per heavy atom. The zero-order chi connectivity index (χ0) is 7.68. The van der Waals surface area contributed by atoms with Gasteiger partial charge in [0.15, 0.2) is 0 Å². The first kappa shape index (κ1) is 6.70. The number of hydrogen-bond acceptors (Lipinski definition) is 2. The molecular formula is C8H11NO2. The lowest BCUT2D eigenvalue weighted by Crippen LogP contribution is -2.16. The average Bonchev–Trinajstić information content (AvgIpc) is 2.87. The van der Waals surface area contributed by atoms with E-state index in [2.05, 4.69) is 0 Å². The molecule has 0 saturated carbocycles. The Labute approximate surface area is 65.6 Å². The van der Waals surface area contributed by atoms with E-state index in [1.165, 1.54) is 0 Å². The normalized spacial score (nSPS) is 22.2. The Morgan fingerprint density at radius 3 is 2.91 bits per heavy atom. The van der Waals surface area contributed by atoms with E-state index in [9.17, 15) is 4.79 Å². The van der Waals surface area contributed by atoms with Crippen LogP contribution in [0.25, 0.3) is 0 Å². The summed E-state index contributed by atoms with van der Waals surface area (Å²) in [5, 5.41) is 0. The van der Waals surface area contributed by atoms with Gasteiger partial charge in [-0.15, -0.1) is 0 Å². The van der Waals surface area contributed by atoms with Crippen molar-refractivity contribution in [3.05, 3.63) is 11.8 Å². The van der Waals surface area contributed by atoms with Crippen molar-refractivity contribution in [3.63, 3.8) is 0 Å². The molecule has 2 heterocycles. The van der Waals surface area contributed by atoms with E-state index in [4.69, 9.17) is 4.74 Å². The van der Waals surface area contributed by atoms with Gasteiger partial charge in [-0.1, -0.05) is 0 Å². The van der Waals surface area contributed by atoms with Crippen LogP contribution < -0.4 is 0 Å². The van der Waals surface area contributed by atoms with Crippen LogP contribution in [-0.2, 0) is 9.53 Å². The third-order valence-electron chi connectivity index (χ3n) is 1.94. The molecule has 0 N–H and O–H groups in total. The Hall–Kier alpha value is -0.990. The quantitative estimate of drug-likeness (QED) is 0.514. The summed E-state index contributed by atoms with van der Waals surface area (Å²) in [7, 11) is 0. The zero-order valence-electron chi connectivity index (χ0n) is 6.38. The van der Waals surface area contributed by atoms with Crippen LogP contribution >= 0.6 is 0 Å². The highest BCUT2D eigenvalue weighted by atomic mass is 16.5. The minimum absolute atomic E-state index is 0.171. The molecule has 3 heteroatoms. The van der Waals surface area contributed by atoms with Crippen molar-refractivity contribution in [2.45, 2.75) is 12.8 Å². The number of nitrogens with zero attached hydrogens (tertiary/aromatic N) is 1. The summed E-state index contributed by atoms with van der Waals surface area (Å²) in [6.07, 6.45) is 3.48. The minimum atomic E-state index is 0.171. The van der Waals surface area contributed by atoms with Gasteiger partial charge < -0.3 is 9.64 Å². The molecule has 2 rings (SSSR count). The highest BCUT2D eigenvalue weighted by molar-refractivity contribution is 5.94. The van der Waals surface area contributed by atoms with E-state index in [-0.39, 0.29) is 5.91 Å². The molecule has 1 amide bonds. The molecule has 0 unspecified atom stereocenters. The third-order valence-corrected chi connectivity index (χ3v) is 1.94. The SMILES string of the molecule is O=C(C1=COCCC1)N1CC1. The summed E-state index contributed by atoms with van der Waals surface area (Å²) in [5.74, 6) is 0.171. The molecule has 0 atom stereocenters. The fourth-order valence-corrected chi connectivity index (χ4v) is 1.18. The van der Waals surface area contributed by atoms with Crippen LogP contribution in [0.5, 0.6) is 0 Å². The molecule has 0 radical (unpaired) electrons. The van der Waals surface area contributed by atoms with Crippen molar-refractivity contribution in [1.29, 1.82) is 0 Å². The van der Waals surface area contributed by atoms with Gasteiger partial charge in [0.2, 0.25) is 0 Å². The molecule has 1 saturated heterocycles. The Kier molecular flexibility index (Phi) is 1.56. The van der Waals surface area contributed by atoms with E-state index in [1.807, 2.05) is 4.90 Å². The molecule has 0 aromatic carbocycles. The van der Waals surface area contributed by atoms with Gasteiger partial charge in [-0.2, -0.15) is 0 Å². The van der Waals surface area contributed by atoms with Crippen LogP contribution in [0, 0.1) is 0 Å². The van der Waals surface area contributed by atoms with Crippen molar-refractivity contribution in [3.8, 4) is 0 Å². The van der Waals surface area contributed by atoms with Gasteiger partial charge in [0, 0.05) is 13.1 Å². The first-order valence-electron chi connectivity index (χ1n) is 3.98. The summed E-state index contributed by atoms with van der Waals surface area (Å²) < 4.78 is 5.07. The van der Waals surface area contributed by atoms with E-state index in [1.54, 1.807) is 6.26 Å². The highest BCUT2D eigenvalue weighted by Gasteiger charge is 2.27. The van der Waals surface area contributed by atoms with Gasteiger partial charge in [0.1, 0.15) is 0 Å². The lowest BCUT2D eigenvalue weighted by Gasteiger charge is -2.12. The molecule has 3 nitrogen and oxygen atoms in total. The van der Waals surface area contributed by atoms with Crippen LogP contribution in [0.1, 0.15) is 12.8 Å². The van der Waals surface area contributed by atoms with Gasteiger partial charge in [0.25, 0.3) is 5.91 Å². The largest absolute Gasteiger partial charge is 0.501 e. The molecule has 1 fully saturated rings. The monoisotopic (exact) mass is 153 g/mol. The Balaban J connectivity index is 2.01. The van der Waals surface area contributed by atoms with Gasteiger partial charge in [-0.25, -0.2) is 0 Å². The fraction of sp³-hybridized carbons (Fsp3) is 0.625. The van der Waals surface area contributed by atoms with Crippen molar-refractivity contribution in [2.75, 3.05) is 19.7 Å². The standard InChI is InChI=1S/C8H11NO2/c10-8(9-3-4-9)7-2-1-5-11-6-7/h6H,1-5H2. The van der Waals surface area contributed by atoms with Crippen LogP contribution in [0.15, 0.2) is 11.8 Å². The summed E-state index contributed by atoms with van der Waals surface area (Å²) in [4.78, 5) is 13.2. The molecular weight excluding hydrogens is 142 g/mol. The maximum atomic E-state index is 11.3. The molecule has 2 aliphatic rings. The van der Waals surface area contributed by atoms with Gasteiger partial charge in [-0.05, 0) is 12.8 Å². The van der Waals surface area contributed by atoms with Crippen LogP contribution in [0.3, 0.4) is 0 Å². The number of carbonyl (C=O) groups is 1. The van der Waals surface area contributed by atoms with Crippen LogP contribution in [0.2, 0.25) is 0 Å². The minimum Gasteiger partial charge on any atom is -0.501 e.